The molecular formula is C21H27NO9. The predicted octanol–water partition coefficient (Wildman–Crippen LogP) is 0.581. The topological polar surface area (TPSA) is 163 Å². The Bertz CT molecular complexity index is 853. The monoisotopic (exact) mass is 437 g/mol. The van der Waals surface area contributed by atoms with Crippen molar-refractivity contribution in [2.24, 2.45) is 0 Å². The number of hydrogen-bond donors (Lipinski definition) is 5. The Kier molecular flexibility index (Phi) is 8.01. The molecule has 1 fully saturated rings. The van der Waals surface area contributed by atoms with Gasteiger partial charge in [0, 0.05) is 25.8 Å². The van der Waals surface area contributed by atoms with Gasteiger partial charge in [-0.25, -0.2) is 9.59 Å². The van der Waals surface area contributed by atoms with Crippen LogP contribution in [0, 0.1) is 0 Å². The van der Waals surface area contributed by atoms with E-state index in [0.29, 0.717) is 12.2 Å². The van der Waals surface area contributed by atoms with Crippen molar-refractivity contribution in [2.45, 2.75) is 57.0 Å². The molecule has 2 rings (SSSR count). The van der Waals surface area contributed by atoms with Gasteiger partial charge >= 0.3 is 11.9 Å². The number of amides is 1. The van der Waals surface area contributed by atoms with E-state index in [-0.39, 0.29) is 11.5 Å². The maximum atomic E-state index is 12.2. The number of carboxylic acids is 1. The van der Waals surface area contributed by atoms with E-state index in [9.17, 15) is 34.8 Å². The van der Waals surface area contributed by atoms with Gasteiger partial charge in [-0.3, -0.25) is 4.79 Å². The molecule has 0 aliphatic heterocycles. The van der Waals surface area contributed by atoms with Gasteiger partial charge in [-0.15, -0.1) is 0 Å². The van der Waals surface area contributed by atoms with Gasteiger partial charge in [0.05, 0.1) is 12.6 Å². The minimum atomic E-state index is -2.27. The summed E-state index contributed by atoms with van der Waals surface area (Å²) >= 11 is 0. The summed E-state index contributed by atoms with van der Waals surface area (Å²) < 4.78 is 10.6. The second kappa shape index (κ2) is 10.3. The molecule has 0 saturated heterocycles. The number of phenolic OH excluding ortho intramolecular Hbond substituents is 1. The lowest BCUT2D eigenvalue weighted by Crippen LogP contribution is -2.61. The summed E-state index contributed by atoms with van der Waals surface area (Å²) in [7, 11) is 0. The van der Waals surface area contributed by atoms with Crippen LogP contribution in [0.3, 0.4) is 0 Å². The molecule has 10 heteroatoms. The third-order valence-corrected chi connectivity index (χ3v) is 4.80. The first-order chi connectivity index (χ1) is 14.6. The van der Waals surface area contributed by atoms with Crippen molar-refractivity contribution >= 4 is 23.9 Å². The van der Waals surface area contributed by atoms with Crippen LogP contribution in [0.25, 0.3) is 6.08 Å². The van der Waals surface area contributed by atoms with E-state index in [4.69, 9.17) is 9.47 Å². The number of nitrogens with one attached hydrogen (secondary N) is 1. The number of benzene rings is 1. The van der Waals surface area contributed by atoms with Crippen LogP contribution in [0.5, 0.6) is 11.5 Å². The number of aliphatic carboxylic acids is 1. The van der Waals surface area contributed by atoms with Gasteiger partial charge in [-0.2, -0.15) is 0 Å². The van der Waals surface area contributed by atoms with Crippen LogP contribution in [0.1, 0.15) is 38.7 Å². The predicted molar refractivity (Wildman–Crippen MR) is 108 cm³/mol. The highest BCUT2D eigenvalue weighted by Gasteiger charge is 2.51. The number of hydrogen-bond acceptors (Lipinski definition) is 8. The number of ether oxygens (including phenoxy) is 2. The van der Waals surface area contributed by atoms with Crippen LogP contribution < -0.4 is 10.1 Å². The fourth-order valence-corrected chi connectivity index (χ4v) is 3.28. The number of aromatic hydroxyl groups is 1. The highest BCUT2D eigenvalue weighted by Crippen LogP contribution is 2.32. The van der Waals surface area contributed by atoms with Crippen molar-refractivity contribution in [3.05, 3.63) is 29.8 Å². The van der Waals surface area contributed by atoms with Gasteiger partial charge in [-0.05, 0) is 30.2 Å². The quantitative estimate of drug-likeness (QED) is 0.289. The Morgan fingerprint density at radius 2 is 2.00 bits per heavy atom. The fourth-order valence-electron chi connectivity index (χ4n) is 3.28. The average Bonchev–Trinajstić information content (AvgIpc) is 2.69. The smallest absolute Gasteiger partial charge is 0.335 e. The largest absolute Gasteiger partial charge is 0.504 e. The molecule has 31 heavy (non-hydrogen) atoms. The van der Waals surface area contributed by atoms with Crippen molar-refractivity contribution in [2.75, 3.05) is 6.61 Å². The zero-order valence-corrected chi connectivity index (χ0v) is 17.3. The molecule has 0 heterocycles. The molecule has 5 N–H and O–H groups in total. The second-order valence-corrected chi connectivity index (χ2v) is 7.43. The van der Waals surface area contributed by atoms with Gasteiger partial charge in [0.1, 0.15) is 12.2 Å². The number of carboxylic acid groups (broad SMARTS) is 1. The molecule has 10 nitrogen and oxygen atoms in total. The number of carbonyl (C=O) groups excluding carboxylic acids is 2. The normalized spacial score (nSPS) is 25.7. The fraction of sp³-hybridized carbons (Fsp3) is 0.476. The Hall–Kier alpha value is -3.11. The SMILES string of the molecule is CCCOc1cc(/C=C/C(=O)O[C@H]2C[C@](O)(C(=O)O)CC(NC(C)=O)[C@H]2O)ccc1O. The van der Waals surface area contributed by atoms with E-state index < -0.39 is 54.5 Å². The van der Waals surface area contributed by atoms with E-state index in [0.717, 1.165) is 12.5 Å². The molecule has 1 aliphatic carbocycles. The molecule has 0 radical (unpaired) electrons. The van der Waals surface area contributed by atoms with Crippen molar-refractivity contribution in [3.8, 4) is 11.5 Å². The van der Waals surface area contributed by atoms with E-state index in [2.05, 4.69) is 5.32 Å². The maximum Gasteiger partial charge on any atom is 0.335 e. The first-order valence-electron chi connectivity index (χ1n) is 9.81. The van der Waals surface area contributed by atoms with Crippen LogP contribution >= 0.6 is 0 Å². The number of esters is 1. The molecule has 1 saturated carbocycles. The summed E-state index contributed by atoms with van der Waals surface area (Å²) in [6.45, 7) is 3.50. The van der Waals surface area contributed by atoms with Gasteiger partial charge in [0.15, 0.2) is 17.1 Å². The van der Waals surface area contributed by atoms with E-state index in [1.54, 1.807) is 6.07 Å². The Morgan fingerprint density at radius 1 is 1.29 bits per heavy atom. The van der Waals surface area contributed by atoms with E-state index in [1.807, 2.05) is 6.92 Å². The minimum Gasteiger partial charge on any atom is -0.504 e. The first kappa shape index (κ1) is 24.2. The lowest BCUT2D eigenvalue weighted by molar-refractivity contribution is -0.184. The summed E-state index contributed by atoms with van der Waals surface area (Å²) in [6, 6.07) is 3.37. The zero-order valence-electron chi connectivity index (χ0n) is 17.3. The lowest BCUT2D eigenvalue weighted by Gasteiger charge is -2.41. The molecule has 1 aromatic rings. The molecule has 0 spiro atoms. The lowest BCUT2D eigenvalue weighted by atomic mass is 9.78. The van der Waals surface area contributed by atoms with Crippen molar-refractivity contribution in [1.82, 2.24) is 5.32 Å². The molecule has 1 aromatic carbocycles. The first-order valence-corrected chi connectivity index (χ1v) is 9.81. The van der Waals surface area contributed by atoms with Gasteiger partial charge in [0.2, 0.25) is 5.91 Å². The number of aliphatic hydroxyl groups excluding tert-OH is 1. The molecular weight excluding hydrogens is 410 g/mol. The number of rotatable bonds is 8. The molecule has 170 valence electrons. The van der Waals surface area contributed by atoms with Crippen LogP contribution in [-0.2, 0) is 19.1 Å². The molecule has 1 amide bonds. The average molecular weight is 437 g/mol. The summed E-state index contributed by atoms with van der Waals surface area (Å²) in [4.78, 5) is 35.1. The third kappa shape index (κ3) is 6.43. The Balaban J connectivity index is 2.12. The van der Waals surface area contributed by atoms with E-state index in [1.165, 1.54) is 25.1 Å². The Labute approximate surface area is 179 Å². The van der Waals surface area contributed by atoms with Crippen LogP contribution in [0.2, 0.25) is 0 Å². The van der Waals surface area contributed by atoms with Crippen molar-refractivity contribution < 1.29 is 44.3 Å². The molecule has 1 unspecified atom stereocenters. The summed E-state index contributed by atoms with van der Waals surface area (Å²) in [5, 5.41) is 42.3. The molecule has 1 aliphatic rings. The van der Waals surface area contributed by atoms with E-state index >= 15 is 0 Å². The number of carbonyl (C=O) groups is 3. The maximum absolute atomic E-state index is 12.2. The highest BCUT2D eigenvalue weighted by molar-refractivity contribution is 5.87. The van der Waals surface area contributed by atoms with Crippen LogP contribution in [0.15, 0.2) is 24.3 Å². The van der Waals surface area contributed by atoms with Crippen LogP contribution in [0.4, 0.5) is 0 Å². The summed E-state index contributed by atoms with van der Waals surface area (Å²) in [5.41, 5.74) is -1.74. The standard InChI is InChI=1S/C21H27NO9/c1-3-8-30-16-9-13(4-6-15(16)24)5-7-18(25)31-17-11-21(29,20(27)28)10-14(19(17)26)22-12(2)23/h4-7,9,14,17,19,24,26,29H,3,8,10-11H2,1-2H3,(H,22,23)(H,27,28)/b7-5+/t14?,17-,19+,21-/m0/s1. The Morgan fingerprint density at radius 3 is 2.61 bits per heavy atom. The highest BCUT2D eigenvalue weighted by atomic mass is 16.6. The summed E-state index contributed by atoms with van der Waals surface area (Å²) in [6.07, 6.45) is -0.517. The number of aliphatic hydroxyl groups is 2. The molecule has 0 aromatic heterocycles. The summed E-state index contributed by atoms with van der Waals surface area (Å²) in [5.74, 6) is -2.75. The van der Waals surface area contributed by atoms with Gasteiger partial charge in [0.25, 0.3) is 0 Å². The van der Waals surface area contributed by atoms with Crippen molar-refractivity contribution in [3.63, 3.8) is 0 Å². The van der Waals surface area contributed by atoms with Crippen molar-refractivity contribution in [1.29, 1.82) is 0 Å². The van der Waals surface area contributed by atoms with Gasteiger partial charge in [-0.1, -0.05) is 13.0 Å². The third-order valence-electron chi connectivity index (χ3n) is 4.80. The molecule has 4 atom stereocenters. The number of phenols is 1. The molecule has 0 bridgehead atoms. The minimum absolute atomic E-state index is 0.0459. The zero-order chi connectivity index (χ0) is 23.2. The van der Waals surface area contributed by atoms with Gasteiger partial charge < -0.3 is 35.2 Å². The second-order valence-electron chi connectivity index (χ2n) is 7.43. The van der Waals surface area contributed by atoms with Crippen LogP contribution in [-0.4, -0.2) is 68.7 Å².